The van der Waals surface area contributed by atoms with Crippen molar-refractivity contribution in [3.63, 3.8) is 0 Å². The van der Waals surface area contributed by atoms with Crippen molar-refractivity contribution in [1.29, 1.82) is 0 Å². The molecule has 0 aliphatic rings. The van der Waals surface area contributed by atoms with Crippen LogP contribution in [0, 0.1) is 0 Å². The van der Waals surface area contributed by atoms with Crippen molar-refractivity contribution < 1.29 is 9.47 Å². The zero-order valence-electron chi connectivity index (χ0n) is 11.2. The van der Waals surface area contributed by atoms with E-state index < -0.39 is 0 Å². The van der Waals surface area contributed by atoms with Gasteiger partial charge in [0.25, 0.3) is 0 Å². The number of hydrogen-bond acceptors (Lipinski definition) is 3. The molecule has 1 rings (SSSR count). The quantitative estimate of drug-likeness (QED) is 0.771. The number of methoxy groups -OCH3 is 1. The van der Waals surface area contributed by atoms with Crippen molar-refractivity contribution >= 4 is 0 Å². The predicted molar refractivity (Wildman–Crippen MR) is 70.4 cm³/mol. The summed E-state index contributed by atoms with van der Waals surface area (Å²) < 4.78 is 10.8. The minimum absolute atomic E-state index is 0.0579. The minimum Gasteiger partial charge on any atom is -0.497 e. The topological polar surface area (TPSA) is 30.5 Å². The van der Waals surface area contributed by atoms with E-state index >= 15 is 0 Å². The Kier molecular flexibility index (Phi) is 5.45. The van der Waals surface area contributed by atoms with Crippen molar-refractivity contribution in [2.75, 3.05) is 20.3 Å². The van der Waals surface area contributed by atoms with Crippen molar-refractivity contribution in [1.82, 2.24) is 5.32 Å². The lowest BCUT2D eigenvalue weighted by Crippen LogP contribution is -2.26. The minimum atomic E-state index is -0.0579. The zero-order valence-corrected chi connectivity index (χ0v) is 11.2. The maximum absolute atomic E-state index is 5.62. The van der Waals surface area contributed by atoms with Crippen LogP contribution >= 0.6 is 0 Å². The molecule has 0 heterocycles. The number of benzene rings is 1. The second kappa shape index (κ2) is 6.62. The van der Waals surface area contributed by atoms with E-state index in [4.69, 9.17) is 9.47 Å². The summed E-state index contributed by atoms with van der Waals surface area (Å²) >= 11 is 0. The molecule has 1 aromatic rings. The van der Waals surface area contributed by atoms with Gasteiger partial charge in [0.05, 0.1) is 19.3 Å². The Bertz CT molecular complexity index is 331. The number of nitrogens with one attached hydrogen (secondary N) is 1. The molecule has 96 valence electrons. The molecule has 0 fully saturated rings. The van der Waals surface area contributed by atoms with Crippen LogP contribution in [0.2, 0.25) is 0 Å². The summed E-state index contributed by atoms with van der Waals surface area (Å²) in [5.74, 6) is 0.898. The molecule has 3 nitrogen and oxygen atoms in total. The van der Waals surface area contributed by atoms with E-state index in [0.29, 0.717) is 0 Å². The molecule has 1 N–H and O–H groups in total. The van der Waals surface area contributed by atoms with E-state index in [9.17, 15) is 0 Å². The summed E-state index contributed by atoms with van der Waals surface area (Å²) in [6.07, 6.45) is 0. The average Bonchev–Trinajstić information content (AvgIpc) is 2.27. The third-order valence-electron chi connectivity index (χ3n) is 2.28. The smallest absolute Gasteiger partial charge is 0.119 e. The highest BCUT2D eigenvalue weighted by atomic mass is 16.5. The summed E-state index contributed by atoms with van der Waals surface area (Å²) in [7, 11) is 1.68. The summed E-state index contributed by atoms with van der Waals surface area (Å²) in [4.78, 5) is 0. The lowest BCUT2D eigenvalue weighted by molar-refractivity contribution is -0.000885. The van der Waals surface area contributed by atoms with Crippen LogP contribution in [-0.4, -0.2) is 25.9 Å². The third kappa shape index (κ3) is 6.29. The van der Waals surface area contributed by atoms with Crippen LogP contribution in [0.4, 0.5) is 0 Å². The van der Waals surface area contributed by atoms with E-state index in [1.807, 2.05) is 18.2 Å². The molecule has 0 bridgehead atoms. The van der Waals surface area contributed by atoms with Gasteiger partial charge in [-0.2, -0.15) is 0 Å². The fourth-order valence-corrected chi connectivity index (χ4v) is 1.44. The van der Waals surface area contributed by atoms with E-state index in [-0.39, 0.29) is 5.60 Å². The van der Waals surface area contributed by atoms with Crippen LogP contribution in [-0.2, 0) is 11.3 Å². The Morgan fingerprint density at radius 2 is 2.00 bits per heavy atom. The van der Waals surface area contributed by atoms with Gasteiger partial charge in [0.15, 0.2) is 0 Å². The molecule has 0 aliphatic heterocycles. The first-order valence-electron chi connectivity index (χ1n) is 5.99. The van der Waals surface area contributed by atoms with Crippen molar-refractivity contribution in [3.05, 3.63) is 29.8 Å². The van der Waals surface area contributed by atoms with Gasteiger partial charge in [-0.1, -0.05) is 12.1 Å². The Morgan fingerprint density at radius 1 is 1.24 bits per heavy atom. The van der Waals surface area contributed by atoms with Gasteiger partial charge in [-0.15, -0.1) is 0 Å². The molecule has 17 heavy (non-hydrogen) atoms. The van der Waals surface area contributed by atoms with E-state index in [1.165, 1.54) is 5.56 Å². The molecule has 0 aromatic heterocycles. The molecule has 0 aliphatic carbocycles. The summed E-state index contributed by atoms with van der Waals surface area (Å²) in [6.45, 7) is 8.62. The molecule has 0 saturated heterocycles. The van der Waals surface area contributed by atoms with Crippen LogP contribution in [0.3, 0.4) is 0 Å². The molecule has 0 spiro atoms. The lowest BCUT2D eigenvalue weighted by atomic mass is 10.2. The fourth-order valence-electron chi connectivity index (χ4n) is 1.44. The standard InChI is InChI=1S/C14H23NO2/c1-14(2,3)17-9-8-15-11-12-6-5-7-13(10-12)16-4/h5-7,10,15H,8-9,11H2,1-4H3. The second-order valence-corrected chi connectivity index (χ2v) is 4.99. The first-order valence-corrected chi connectivity index (χ1v) is 5.99. The molecule has 3 heteroatoms. The molecular weight excluding hydrogens is 214 g/mol. The van der Waals surface area contributed by atoms with E-state index in [0.717, 1.165) is 25.4 Å². The van der Waals surface area contributed by atoms with Gasteiger partial charge in [0.1, 0.15) is 5.75 Å². The monoisotopic (exact) mass is 237 g/mol. The number of rotatable bonds is 6. The van der Waals surface area contributed by atoms with Crippen LogP contribution in [0.15, 0.2) is 24.3 Å². The number of hydrogen-bond donors (Lipinski definition) is 1. The Morgan fingerprint density at radius 3 is 2.65 bits per heavy atom. The molecule has 0 saturated carbocycles. The highest BCUT2D eigenvalue weighted by Gasteiger charge is 2.08. The highest BCUT2D eigenvalue weighted by molar-refractivity contribution is 5.28. The van der Waals surface area contributed by atoms with Crippen LogP contribution in [0.25, 0.3) is 0 Å². The van der Waals surface area contributed by atoms with Gasteiger partial charge < -0.3 is 14.8 Å². The van der Waals surface area contributed by atoms with Crippen molar-refractivity contribution in [2.24, 2.45) is 0 Å². The third-order valence-corrected chi connectivity index (χ3v) is 2.28. The van der Waals surface area contributed by atoms with Gasteiger partial charge in [0.2, 0.25) is 0 Å². The van der Waals surface area contributed by atoms with Crippen molar-refractivity contribution in [3.8, 4) is 5.75 Å². The first-order chi connectivity index (χ1) is 8.01. The Balaban J connectivity index is 2.22. The van der Waals surface area contributed by atoms with Crippen molar-refractivity contribution in [2.45, 2.75) is 32.9 Å². The largest absolute Gasteiger partial charge is 0.497 e. The Hall–Kier alpha value is -1.06. The lowest BCUT2D eigenvalue weighted by Gasteiger charge is -2.19. The van der Waals surface area contributed by atoms with Crippen LogP contribution < -0.4 is 10.1 Å². The maximum atomic E-state index is 5.62. The van der Waals surface area contributed by atoms with Gasteiger partial charge in [-0.3, -0.25) is 0 Å². The first kappa shape index (κ1) is 14.0. The van der Waals surface area contributed by atoms with Crippen LogP contribution in [0.5, 0.6) is 5.75 Å². The van der Waals surface area contributed by atoms with Gasteiger partial charge in [0, 0.05) is 13.1 Å². The normalized spacial score (nSPS) is 11.5. The maximum Gasteiger partial charge on any atom is 0.119 e. The fraction of sp³-hybridized carbons (Fsp3) is 0.571. The second-order valence-electron chi connectivity index (χ2n) is 4.99. The van der Waals surface area contributed by atoms with Crippen LogP contribution in [0.1, 0.15) is 26.3 Å². The summed E-state index contributed by atoms with van der Waals surface area (Å²) in [6, 6.07) is 8.07. The van der Waals surface area contributed by atoms with E-state index in [2.05, 4.69) is 32.2 Å². The Labute approximate surface area is 104 Å². The molecular formula is C14H23NO2. The molecule has 0 unspecified atom stereocenters. The van der Waals surface area contributed by atoms with Gasteiger partial charge >= 0.3 is 0 Å². The molecule has 1 aromatic carbocycles. The molecule has 0 radical (unpaired) electrons. The zero-order chi connectivity index (χ0) is 12.7. The summed E-state index contributed by atoms with van der Waals surface area (Å²) in [5, 5.41) is 3.35. The summed E-state index contributed by atoms with van der Waals surface area (Å²) in [5.41, 5.74) is 1.16. The molecule has 0 atom stereocenters. The van der Waals surface area contributed by atoms with Gasteiger partial charge in [-0.25, -0.2) is 0 Å². The number of ether oxygens (including phenoxy) is 2. The SMILES string of the molecule is COc1cccc(CNCCOC(C)(C)C)c1. The van der Waals surface area contributed by atoms with Gasteiger partial charge in [-0.05, 0) is 38.5 Å². The highest BCUT2D eigenvalue weighted by Crippen LogP contribution is 2.12. The van der Waals surface area contributed by atoms with E-state index in [1.54, 1.807) is 7.11 Å². The molecule has 0 amide bonds. The average molecular weight is 237 g/mol. The predicted octanol–water partition coefficient (Wildman–Crippen LogP) is 2.60.